The number of thioether (sulfide) groups is 1. The first-order valence-corrected chi connectivity index (χ1v) is 6.12. The van der Waals surface area contributed by atoms with Crippen molar-refractivity contribution in [3.63, 3.8) is 0 Å². The van der Waals surface area contributed by atoms with Gasteiger partial charge in [-0.25, -0.2) is 0 Å². The quantitative estimate of drug-likeness (QED) is 0.568. The predicted molar refractivity (Wildman–Crippen MR) is 63.2 cm³/mol. The van der Waals surface area contributed by atoms with Gasteiger partial charge in [0.2, 0.25) is 0 Å². The van der Waals surface area contributed by atoms with Gasteiger partial charge in [0.25, 0.3) is 0 Å². The molecular weight excluding hydrogens is 208 g/mol. The highest BCUT2D eigenvalue weighted by Crippen LogP contribution is 2.18. The monoisotopic (exact) mass is 224 g/mol. The molecule has 2 nitrogen and oxygen atoms in total. The van der Waals surface area contributed by atoms with Crippen molar-refractivity contribution < 1.29 is 9.53 Å². The minimum atomic E-state index is -0.151. The standard InChI is InChI=1S/C12H16O2S/c1-3-10-5-7-11(8-6-10)15-9-12(13)14-4-2/h5-8H,3-4,9H2,1-2H3. The first-order chi connectivity index (χ1) is 7.26. The summed E-state index contributed by atoms with van der Waals surface area (Å²) in [7, 11) is 0. The highest BCUT2D eigenvalue weighted by Gasteiger charge is 2.02. The number of carbonyl (C=O) groups excluding carboxylic acids is 1. The van der Waals surface area contributed by atoms with Crippen molar-refractivity contribution in [2.45, 2.75) is 25.2 Å². The predicted octanol–water partition coefficient (Wildman–Crippen LogP) is 2.90. The fourth-order valence-electron chi connectivity index (χ4n) is 1.17. The van der Waals surface area contributed by atoms with E-state index in [2.05, 4.69) is 19.1 Å². The van der Waals surface area contributed by atoms with Crippen LogP contribution in [0.3, 0.4) is 0 Å². The summed E-state index contributed by atoms with van der Waals surface area (Å²) < 4.78 is 4.85. The van der Waals surface area contributed by atoms with Crippen LogP contribution in [0.5, 0.6) is 0 Å². The Morgan fingerprint density at radius 3 is 2.47 bits per heavy atom. The Labute approximate surface area is 95.0 Å². The van der Waals surface area contributed by atoms with Crippen molar-refractivity contribution in [3.05, 3.63) is 29.8 Å². The van der Waals surface area contributed by atoms with Crippen LogP contribution in [0.25, 0.3) is 0 Å². The van der Waals surface area contributed by atoms with Gasteiger partial charge in [0, 0.05) is 4.90 Å². The zero-order valence-electron chi connectivity index (χ0n) is 9.16. The molecule has 15 heavy (non-hydrogen) atoms. The molecule has 0 aliphatic heterocycles. The second-order valence-corrected chi connectivity index (χ2v) is 4.14. The van der Waals surface area contributed by atoms with Crippen LogP contribution in [0.15, 0.2) is 29.2 Å². The summed E-state index contributed by atoms with van der Waals surface area (Å²) in [6.07, 6.45) is 1.04. The number of aryl methyl sites for hydroxylation is 1. The van der Waals surface area contributed by atoms with Crippen LogP contribution in [0, 0.1) is 0 Å². The Bertz CT molecular complexity index is 306. The van der Waals surface area contributed by atoms with Crippen LogP contribution in [0.1, 0.15) is 19.4 Å². The Morgan fingerprint density at radius 1 is 1.27 bits per heavy atom. The van der Waals surface area contributed by atoms with Crippen LogP contribution in [-0.4, -0.2) is 18.3 Å². The third-order valence-corrected chi connectivity index (χ3v) is 2.98. The highest BCUT2D eigenvalue weighted by atomic mass is 32.2. The van der Waals surface area contributed by atoms with Gasteiger partial charge in [0.05, 0.1) is 12.4 Å². The topological polar surface area (TPSA) is 26.3 Å². The summed E-state index contributed by atoms with van der Waals surface area (Å²) >= 11 is 1.51. The fourth-order valence-corrected chi connectivity index (χ4v) is 1.86. The van der Waals surface area contributed by atoms with Gasteiger partial charge in [-0.15, -0.1) is 11.8 Å². The molecule has 1 rings (SSSR count). The minimum absolute atomic E-state index is 0.151. The molecule has 0 aromatic heterocycles. The van der Waals surface area contributed by atoms with E-state index in [9.17, 15) is 4.79 Å². The molecule has 0 saturated carbocycles. The molecule has 0 amide bonds. The van der Waals surface area contributed by atoms with Crippen molar-refractivity contribution in [3.8, 4) is 0 Å². The lowest BCUT2D eigenvalue weighted by Gasteiger charge is -2.02. The van der Waals surface area contributed by atoms with E-state index >= 15 is 0 Å². The van der Waals surface area contributed by atoms with Crippen molar-refractivity contribution >= 4 is 17.7 Å². The number of esters is 1. The lowest BCUT2D eigenvalue weighted by Crippen LogP contribution is -2.06. The van der Waals surface area contributed by atoms with E-state index in [1.54, 1.807) is 0 Å². The van der Waals surface area contributed by atoms with E-state index in [1.807, 2.05) is 19.1 Å². The summed E-state index contributed by atoms with van der Waals surface area (Å²) in [5, 5.41) is 0. The third-order valence-electron chi connectivity index (χ3n) is 1.99. The van der Waals surface area contributed by atoms with Crippen molar-refractivity contribution in [2.24, 2.45) is 0 Å². The zero-order chi connectivity index (χ0) is 11.1. The second kappa shape index (κ2) is 6.51. The lowest BCUT2D eigenvalue weighted by atomic mass is 10.2. The molecule has 0 N–H and O–H groups in total. The van der Waals surface area contributed by atoms with Gasteiger partial charge in [-0.1, -0.05) is 19.1 Å². The Balaban J connectivity index is 2.40. The molecule has 3 heteroatoms. The van der Waals surface area contributed by atoms with E-state index in [4.69, 9.17) is 4.74 Å². The van der Waals surface area contributed by atoms with Crippen molar-refractivity contribution in [2.75, 3.05) is 12.4 Å². The van der Waals surface area contributed by atoms with Gasteiger partial charge in [-0.05, 0) is 31.0 Å². The SMILES string of the molecule is CCOC(=O)CSc1ccc(CC)cc1. The summed E-state index contributed by atoms with van der Waals surface area (Å²) in [5.74, 6) is 0.237. The second-order valence-electron chi connectivity index (χ2n) is 3.09. The maximum atomic E-state index is 11.1. The molecule has 0 saturated heterocycles. The highest BCUT2D eigenvalue weighted by molar-refractivity contribution is 8.00. The number of rotatable bonds is 5. The van der Waals surface area contributed by atoms with Gasteiger partial charge in [-0.2, -0.15) is 0 Å². The maximum Gasteiger partial charge on any atom is 0.316 e. The summed E-state index contributed by atoms with van der Waals surface area (Å²) in [6.45, 7) is 4.40. The molecule has 0 aliphatic carbocycles. The van der Waals surface area contributed by atoms with Crippen LogP contribution >= 0.6 is 11.8 Å². The third kappa shape index (κ3) is 4.38. The number of carbonyl (C=O) groups is 1. The summed E-state index contributed by atoms with van der Waals surface area (Å²) in [6, 6.07) is 8.27. The van der Waals surface area contributed by atoms with E-state index in [0.717, 1.165) is 11.3 Å². The molecule has 0 unspecified atom stereocenters. The minimum Gasteiger partial charge on any atom is -0.465 e. The van der Waals surface area contributed by atoms with Crippen LogP contribution in [0.2, 0.25) is 0 Å². The molecule has 0 atom stereocenters. The molecule has 1 aromatic rings. The average Bonchev–Trinajstić information content (AvgIpc) is 2.27. The first-order valence-electron chi connectivity index (χ1n) is 5.13. The first kappa shape index (κ1) is 12.1. The van der Waals surface area contributed by atoms with Gasteiger partial charge >= 0.3 is 5.97 Å². The molecule has 0 fully saturated rings. The van der Waals surface area contributed by atoms with Gasteiger partial charge in [0.1, 0.15) is 0 Å². The van der Waals surface area contributed by atoms with Crippen molar-refractivity contribution in [1.29, 1.82) is 0 Å². The van der Waals surface area contributed by atoms with Gasteiger partial charge in [-0.3, -0.25) is 4.79 Å². The number of hydrogen-bond acceptors (Lipinski definition) is 3. The summed E-state index contributed by atoms with van der Waals surface area (Å²) in [4.78, 5) is 12.2. The summed E-state index contributed by atoms with van der Waals surface area (Å²) in [5.41, 5.74) is 1.32. The van der Waals surface area contributed by atoms with E-state index in [1.165, 1.54) is 17.3 Å². The fraction of sp³-hybridized carbons (Fsp3) is 0.417. The number of hydrogen-bond donors (Lipinski definition) is 0. The zero-order valence-corrected chi connectivity index (χ0v) is 9.97. The number of ether oxygens (including phenoxy) is 1. The molecule has 82 valence electrons. The van der Waals surface area contributed by atoms with Gasteiger partial charge < -0.3 is 4.74 Å². The molecule has 0 bridgehead atoms. The molecule has 1 aromatic carbocycles. The Hall–Kier alpha value is -0.960. The average molecular weight is 224 g/mol. The molecule has 0 radical (unpaired) electrons. The van der Waals surface area contributed by atoms with Crippen LogP contribution in [0.4, 0.5) is 0 Å². The van der Waals surface area contributed by atoms with Crippen LogP contribution < -0.4 is 0 Å². The molecular formula is C12H16O2S. The normalized spacial score (nSPS) is 10.0. The smallest absolute Gasteiger partial charge is 0.316 e. The Morgan fingerprint density at radius 2 is 1.93 bits per heavy atom. The number of benzene rings is 1. The largest absolute Gasteiger partial charge is 0.465 e. The van der Waals surface area contributed by atoms with E-state index in [-0.39, 0.29) is 5.97 Å². The lowest BCUT2D eigenvalue weighted by molar-refractivity contribution is -0.139. The maximum absolute atomic E-state index is 11.1. The molecule has 0 aliphatic rings. The molecule has 0 heterocycles. The van der Waals surface area contributed by atoms with E-state index in [0.29, 0.717) is 12.4 Å². The molecule has 0 spiro atoms. The van der Waals surface area contributed by atoms with Crippen molar-refractivity contribution in [1.82, 2.24) is 0 Å². The van der Waals surface area contributed by atoms with Gasteiger partial charge in [0.15, 0.2) is 0 Å². The van der Waals surface area contributed by atoms with E-state index < -0.39 is 0 Å². The van der Waals surface area contributed by atoms with Crippen LogP contribution in [-0.2, 0) is 16.0 Å². The Kier molecular flexibility index (Phi) is 5.26.